The van der Waals surface area contributed by atoms with Crippen molar-refractivity contribution in [3.63, 3.8) is 0 Å². The van der Waals surface area contributed by atoms with E-state index in [1.807, 2.05) is 32.0 Å². The first-order chi connectivity index (χ1) is 9.10. The zero-order valence-electron chi connectivity index (χ0n) is 11.6. The molecule has 0 saturated carbocycles. The Balaban J connectivity index is 2.05. The van der Waals surface area contributed by atoms with Crippen LogP contribution in [0.1, 0.15) is 18.4 Å². The molecule has 0 radical (unpaired) electrons. The van der Waals surface area contributed by atoms with Gasteiger partial charge in [-0.1, -0.05) is 13.0 Å². The summed E-state index contributed by atoms with van der Waals surface area (Å²) in [7, 11) is 1.80. The normalized spacial score (nSPS) is 10.9. The van der Waals surface area contributed by atoms with E-state index >= 15 is 0 Å². The molecule has 102 valence electrons. The van der Waals surface area contributed by atoms with E-state index < -0.39 is 0 Å². The van der Waals surface area contributed by atoms with E-state index in [9.17, 15) is 4.79 Å². The number of nitrogens with one attached hydrogen (secondary N) is 1. The molecule has 0 spiro atoms. The Morgan fingerprint density at radius 1 is 1.47 bits per heavy atom. The van der Waals surface area contributed by atoms with Crippen LogP contribution in [-0.4, -0.2) is 35.9 Å². The first-order valence-electron chi connectivity index (χ1n) is 6.41. The number of carbonyl (C=O) groups excluding carboxylic acids is 1. The number of hydrogen-bond acceptors (Lipinski definition) is 4. The Labute approximate surface area is 112 Å². The molecule has 1 N–H and O–H groups in total. The quantitative estimate of drug-likeness (QED) is 0.890. The molecule has 19 heavy (non-hydrogen) atoms. The van der Waals surface area contributed by atoms with Crippen LogP contribution in [-0.2, 0) is 11.3 Å². The molecular weight excluding hydrogens is 242 g/mol. The summed E-state index contributed by atoms with van der Waals surface area (Å²) in [6, 6.07) is 5.82. The number of nitrogens with zero attached hydrogens (tertiary/aromatic N) is 2. The van der Waals surface area contributed by atoms with Gasteiger partial charge in [0.05, 0.1) is 6.54 Å². The predicted molar refractivity (Wildman–Crippen MR) is 73.8 cm³/mol. The summed E-state index contributed by atoms with van der Waals surface area (Å²) in [5.74, 6) is 0.738. The Morgan fingerprint density at radius 2 is 2.26 bits per heavy atom. The van der Waals surface area contributed by atoms with Crippen molar-refractivity contribution in [1.82, 2.24) is 15.2 Å². The summed E-state index contributed by atoms with van der Waals surface area (Å²) in [6.45, 7) is 5.55. The minimum atomic E-state index is 0.0817. The predicted octanol–water partition coefficient (Wildman–Crippen LogP) is 1.70. The second-order valence-electron chi connectivity index (χ2n) is 4.57. The Morgan fingerprint density at radius 3 is 3.00 bits per heavy atom. The highest BCUT2D eigenvalue weighted by Gasteiger charge is 2.10. The van der Waals surface area contributed by atoms with Crippen LogP contribution in [0.4, 0.5) is 0 Å². The van der Waals surface area contributed by atoms with E-state index in [0.717, 1.165) is 23.2 Å². The monoisotopic (exact) mass is 261 g/mol. The third-order valence-electron chi connectivity index (χ3n) is 2.93. The number of fused-ring (bicyclic) bond motifs is 1. The maximum atomic E-state index is 11.8. The Bertz CT molecular complexity index is 577. The van der Waals surface area contributed by atoms with Gasteiger partial charge in [-0.2, -0.15) is 0 Å². The van der Waals surface area contributed by atoms with Crippen LogP contribution >= 0.6 is 0 Å². The molecule has 0 unspecified atom stereocenters. The molecule has 1 aromatic carbocycles. The third kappa shape index (κ3) is 3.32. The van der Waals surface area contributed by atoms with Gasteiger partial charge in [-0.3, -0.25) is 4.79 Å². The average molecular weight is 261 g/mol. The Hall–Kier alpha value is -1.88. The van der Waals surface area contributed by atoms with Gasteiger partial charge in [0.2, 0.25) is 5.91 Å². The number of benzene rings is 1. The van der Waals surface area contributed by atoms with Crippen LogP contribution in [0, 0.1) is 6.92 Å². The number of carbonyl (C=O) groups is 1. The molecule has 0 saturated heterocycles. The average Bonchev–Trinajstić information content (AvgIpc) is 2.75. The molecule has 0 aliphatic carbocycles. The van der Waals surface area contributed by atoms with Crippen molar-refractivity contribution >= 4 is 17.0 Å². The summed E-state index contributed by atoms with van der Waals surface area (Å²) in [5.41, 5.74) is 2.67. The number of aryl methyl sites for hydroxylation is 1. The molecule has 1 heterocycles. The molecule has 0 fully saturated rings. The van der Waals surface area contributed by atoms with Crippen LogP contribution in [0.5, 0.6) is 0 Å². The molecule has 5 heteroatoms. The van der Waals surface area contributed by atoms with Crippen molar-refractivity contribution in [3.8, 4) is 0 Å². The molecule has 2 rings (SSSR count). The van der Waals surface area contributed by atoms with E-state index in [1.165, 1.54) is 0 Å². The molecule has 2 aromatic rings. The minimum Gasteiger partial charge on any atom is -0.441 e. The van der Waals surface area contributed by atoms with Crippen molar-refractivity contribution in [1.29, 1.82) is 0 Å². The SMILES string of the molecule is CCNCC(=O)N(C)Cc1ccc2oc(C)nc2c1. The molecule has 0 atom stereocenters. The fourth-order valence-electron chi connectivity index (χ4n) is 1.92. The topological polar surface area (TPSA) is 58.4 Å². The number of oxazole rings is 1. The number of likely N-dealkylation sites (N-methyl/N-ethyl adjacent to an activating group) is 2. The molecule has 1 amide bonds. The Kier molecular flexibility index (Phi) is 4.16. The summed E-state index contributed by atoms with van der Waals surface area (Å²) in [5, 5.41) is 3.03. The maximum absolute atomic E-state index is 11.8. The first-order valence-corrected chi connectivity index (χ1v) is 6.41. The van der Waals surface area contributed by atoms with Crippen LogP contribution in [0.15, 0.2) is 22.6 Å². The highest BCUT2D eigenvalue weighted by molar-refractivity contribution is 5.78. The first kappa shape index (κ1) is 13.5. The van der Waals surface area contributed by atoms with Gasteiger partial charge in [0.1, 0.15) is 5.52 Å². The van der Waals surface area contributed by atoms with Crippen LogP contribution in [0.3, 0.4) is 0 Å². The van der Waals surface area contributed by atoms with Crippen molar-refractivity contribution in [3.05, 3.63) is 29.7 Å². The van der Waals surface area contributed by atoms with Crippen molar-refractivity contribution < 1.29 is 9.21 Å². The number of amides is 1. The molecule has 0 bridgehead atoms. The van der Waals surface area contributed by atoms with Crippen molar-refractivity contribution in [2.45, 2.75) is 20.4 Å². The number of aromatic nitrogens is 1. The lowest BCUT2D eigenvalue weighted by atomic mass is 10.2. The lowest BCUT2D eigenvalue weighted by Gasteiger charge is -2.17. The van der Waals surface area contributed by atoms with Gasteiger partial charge in [-0.25, -0.2) is 4.98 Å². The lowest BCUT2D eigenvalue weighted by molar-refractivity contribution is -0.129. The number of rotatable bonds is 5. The summed E-state index contributed by atoms with van der Waals surface area (Å²) < 4.78 is 5.43. The second-order valence-corrected chi connectivity index (χ2v) is 4.57. The third-order valence-corrected chi connectivity index (χ3v) is 2.93. The summed E-state index contributed by atoms with van der Waals surface area (Å²) >= 11 is 0. The van der Waals surface area contributed by atoms with Crippen LogP contribution < -0.4 is 5.32 Å². The van der Waals surface area contributed by atoms with E-state index in [1.54, 1.807) is 11.9 Å². The van der Waals surface area contributed by atoms with E-state index in [-0.39, 0.29) is 5.91 Å². The molecule has 0 aliphatic rings. The molecule has 1 aromatic heterocycles. The van der Waals surface area contributed by atoms with E-state index in [0.29, 0.717) is 19.0 Å². The van der Waals surface area contributed by atoms with Gasteiger partial charge in [0, 0.05) is 20.5 Å². The van der Waals surface area contributed by atoms with E-state index in [2.05, 4.69) is 10.3 Å². The van der Waals surface area contributed by atoms with E-state index in [4.69, 9.17) is 4.42 Å². The minimum absolute atomic E-state index is 0.0817. The van der Waals surface area contributed by atoms with Crippen LogP contribution in [0.25, 0.3) is 11.1 Å². The fraction of sp³-hybridized carbons (Fsp3) is 0.429. The standard InChI is InChI=1S/C14H19N3O2/c1-4-15-8-14(18)17(3)9-11-5-6-13-12(7-11)16-10(2)19-13/h5-7,15H,4,8-9H2,1-3H3. The zero-order valence-corrected chi connectivity index (χ0v) is 11.6. The molecular formula is C14H19N3O2. The van der Waals surface area contributed by atoms with Gasteiger partial charge >= 0.3 is 0 Å². The van der Waals surface area contributed by atoms with Gasteiger partial charge in [-0.05, 0) is 24.2 Å². The fourth-order valence-corrected chi connectivity index (χ4v) is 1.92. The van der Waals surface area contributed by atoms with Gasteiger partial charge in [-0.15, -0.1) is 0 Å². The van der Waals surface area contributed by atoms with Gasteiger partial charge in [0.25, 0.3) is 0 Å². The van der Waals surface area contributed by atoms with Crippen LogP contribution in [0.2, 0.25) is 0 Å². The smallest absolute Gasteiger partial charge is 0.236 e. The zero-order chi connectivity index (χ0) is 13.8. The highest BCUT2D eigenvalue weighted by atomic mass is 16.3. The summed E-state index contributed by atoms with van der Waals surface area (Å²) in [6.07, 6.45) is 0. The summed E-state index contributed by atoms with van der Waals surface area (Å²) in [4.78, 5) is 17.8. The molecule has 5 nitrogen and oxygen atoms in total. The second kappa shape index (κ2) is 5.84. The lowest BCUT2D eigenvalue weighted by Crippen LogP contribution is -2.35. The van der Waals surface area contributed by atoms with Crippen molar-refractivity contribution in [2.75, 3.05) is 20.1 Å². The maximum Gasteiger partial charge on any atom is 0.236 e. The van der Waals surface area contributed by atoms with Crippen molar-refractivity contribution in [2.24, 2.45) is 0 Å². The highest BCUT2D eigenvalue weighted by Crippen LogP contribution is 2.17. The number of hydrogen-bond donors (Lipinski definition) is 1. The van der Waals surface area contributed by atoms with Gasteiger partial charge < -0.3 is 14.6 Å². The largest absolute Gasteiger partial charge is 0.441 e. The van der Waals surface area contributed by atoms with Gasteiger partial charge in [0.15, 0.2) is 11.5 Å². The molecule has 0 aliphatic heterocycles.